The Bertz CT molecular complexity index is 713. The molecule has 0 fully saturated rings. The summed E-state index contributed by atoms with van der Waals surface area (Å²) in [5.41, 5.74) is 1.20. The molecule has 22 heavy (non-hydrogen) atoms. The topological polar surface area (TPSA) is 70.6 Å². The van der Waals surface area contributed by atoms with Gasteiger partial charge in [0.1, 0.15) is 4.90 Å². The zero-order chi connectivity index (χ0) is 16.8. The van der Waals surface area contributed by atoms with Crippen LogP contribution in [0.2, 0.25) is 0 Å². The summed E-state index contributed by atoms with van der Waals surface area (Å²) >= 11 is 0. The van der Waals surface area contributed by atoms with Gasteiger partial charge in [-0.25, -0.2) is 18.1 Å². The number of anilines is 1. The van der Waals surface area contributed by atoms with Gasteiger partial charge in [0.2, 0.25) is 5.96 Å². The van der Waals surface area contributed by atoms with E-state index in [2.05, 4.69) is 35.8 Å². The largest absolute Gasteiger partial charge is 0.324 e. The van der Waals surface area contributed by atoms with E-state index in [9.17, 15) is 8.42 Å². The number of aryl methyl sites for hydroxylation is 1. The average molecular weight is 323 g/mol. The second-order valence-corrected chi connectivity index (χ2v) is 9.39. The quantitative estimate of drug-likeness (QED) is 0.877. The highest BCUT2D eigenvalue weighted by molar-refractivity contribution is 7.90. The van der Waals surface area contributed by atoms with Crippen molar-refractivity contribution in [3.8, 4) is 0 Å². The second-order valence-electron chi connectivity index (χ2n) is 7.74. The van der Waals surface area contributed by atoms with Crippen LogP contribution in [0.5, 0.6) is 0 Å². The number of guanidine groups is 1. The molecule has 1 heterocycles. The smallest absolute Gasteiger partial charge is 0.266 e. The molecule has 0 spiro atoms. The summed E-state index contributed by atoms with van der Waals surface area (Å²) in [4.78, 5) is 4.85. The van der Waals surface area contributed by atoms with E-state index in [1.54, 1.807) is 12.1 Å². The summed E-state index contributed by atoms with van der Waals surface area (Å²) in [6.07, 6.45) is 0.841. The van der Waals surface area contributed by atoms with E-state index >= 15 is 0 Å². The monoisotopic (exact) mass is 323 g/mol. The first kappa shape index (κ1) is 16.8. The molecule has 0 bridgehead atoms. The summed E-state index contributed by atoms with van der Waals surface area (Å²) in [5, 5.41) is 3.08. The summed E-state index contributed by atoms with van der Waals surface area (Å²) in [5.74, 6) is 0.283. The van der Waals surface area contributed by atoms with E-state index in [0.29, 0.717) is 5.69 Å². The van der Waals surface area contributed by atoms with Gasteiger partial charge in [0, 0.05) is 0 Å². The van der Waals surface area contributed by atoms with Crippen molar-refractivity contribution in [3.63, 3.8) is 0 Å². The van der Waals surface area contributed by atoms with E-state index in [1.807, 2.05) is 26.8 Å². The van der Waals surface area contributed by atoms with Crippen LogP contribution in [0.4, 0.5) is 5.69 Å². The molecule has 0 atom stereocenters. The van der Waals surface area contributed by atoms with E-state index in [-0.39, 0.29) is 21.8 Å². The Morgan fingerprint density at radius 3 is 2.36 bits per heavy atom. The Morgan fingerprint density at radius 2 is 1.77 bits per heavy atom. The minimum absolute atomic E-state index is 0.107. The third-order valence-corrected chi connectivity index (χ3v) is 4.67. The van der Waals surface area contributed by atoms with Crippen molar-refractivity contribution in [2.75, 3.05) is 5.32 Å². The van der Waals surface area contributed by atoms with E-state index in [1.165, 1.54) is 0 Å². The molecule has 0 aromatic heterocycles. The number of benzene rings is 1. The first-order valence-corrected chi connectivity index (χ1v) is 8.87. The van der Waals surface area contributed by atoms with Gasteiger partial charge >= 0.3 is 0 Å². The minimum atomic E-state index is -3.57. The molecule has 0 unspecified atom stereocenters. The van der Waals surface area contributed by atoms with Crippen molar-refractivity contribution in [2.24, 2.45) is 10.4 Å². The van der Waals surface area contributed by atoms with Crippen molar-refractivity contribution >= 4 is 21.7 Å². The van der Waals surface area contributed by atoms with Crippen LogP contribution >= 0.6 is 0 Å². The van der Waals surface area contributed by atoms with Crippen molar-refractivity contribution < 1.29 is 8.42 Å². The maximum Gasteiger partial charge on any atom is 0.266 e. The fourth-order valence-corrected chi connectivity index (χ4v) is 4.19. The third kappa shape index (κ3) is 4.00. The van der Waals surface area contributed by atoms with Gasteiger partial charge in [0.25, 0.3) is 10.0 Å². The zero-order valence-corrected chi connectivity index (χ0v) is 14.9. The van der Waals surface area contributed by atoms with Crippen LogP contribution < -0.4 is 10.0 Å². The van der Waals surface area contributed by atoms with Crippen LogP contribution in [-0.2, 0) is 10.0 Å². The van der Waals surface area contributed by atoms with E-state index in [0.717, 1.165) is 12.0 Å². The Labute approximate surface area is 133 Å². The normalized spacial score (nSPS) is 19.3. The lowest BCUT2D eigenvalue weighted by atomic mass is 9.82. The molecule has 0 saturated heterocycles. The van der Waals surface area contributed by atoms with Gasteiger partial charge in [0.15, 0.2) is 0 Å². The molecule has 1 aromatic rings. The van der Waals surface area contributed by atoms with E-state index in [4.69, 9.17) is 0 Å². The fourth-order valence-electron chi connectivity index (χ4n) is 2.98. The van der Waals surface area contributed by atoms with Crippen molar-refractivity contribution in [1.29, 1.82) is 0 Å². The molecule has 1 aliphatic rings. The molecular weight excluding hydrogens is 298 g/mol. The van der Waals surface area contributed by atoms with E-state index < -0.39 is 10.0 Å². The summed E-state index contributed by atoms with van der Waals surface area (Å²) in [6, 6.07) is 5.31. The van der Waals surface area contributed by atoms with Crippen LogP contribution in [-0.4, -0.2) is 19.9 Å². The zero-order valence-electron chi connectivity index (χ0n) is 14.1. The van der Waals surface area contributed by atoms with Crippen LogP contribution in [0, 0.1) is 12.3 Å². The van der Waals surface area contributed by atoms with Crippen LogP contribution in [0.25, 0.3) is 0 Å². The second kappa shape index (κ2) is 5.26. The number of nitrogens with one attached hydrogen (secondary N) is 2. The molecule has 0 amide bonds. The Morgan fingerprint density at radius 1 is 1.14 bits per heavy atom. The first-order valence-electron chi connectivity index (χ1n) is 7.38. The van der Waals surface area contributed by atoms with Gasteiger partial charge in [-0.1, -0.05) is 26.8 Å². The summed E-state index contributed by atoms with van der Waals surface area (Å²) < 4.78 is 27.3. The number of hydrogen-bond acceptors (Lipinski definition) is 3. The molecule has 0 saturated carbocycles. The maximum atomic E-state index is 12.4. The molecule has 5 nitrogen and oxygen atoms in total. The molecule has 2 N–H and O–H groups in total. The standard InChI is InChI=1S/C16H25N3O2S/c1-11-7-8-12-13(9-11)22(20,21)19-14(17-12)18-16(5,6)10-15(2,3)4/h7-9H,10H2,1-6H3,(H2,17,18,19). The Balaban J connectivity index is 2.37. The molecule has 1 aromatic carbocycles. The lowest BCUT2D eigenvalue weighted by Crippen LogP contribution is -2.43. The number of aliphatic imine (C=N–C) groups is 1. The molecule has 6 heteroatoms. The number of rotatable bonds is 2. The van der Waals surface area contributed by atoms with Crippen LogP contribution in [0.3, 0.4) is 0 Å². The van der Waals surface area contributed by atoms with Gasteiger partial charge in [-0.2, -0.15) is 0 Å². The van der Waals surface area contributed by atoms with Crippen molar-refractivity contribution in [2.45, 2.75) is 58.4 Å². The number of sulfonamides is 1. The Kier molecular flexibility index (Phi) is 4.02. The van der Waals surface area contributed by atoms with Gasteiger partial charge in [0.05, 0.1) is 11.2 Å². The molecule has 2 rings (SSSR count). The summed E-state index contributed by atoms with van der Waals surface area (Å²) in [6.45, 7) is 12.3. The highest BCUT2D eigenvalue weighted by Gasteiger charge is 2.30. The molecule has 0 aliphatic carbocycles. The van der Waals surface area contributed by atoms with Crippen molar-refractivity contribution in [1.82, 2.24) is 4.72 Å². The van der Waals surface area contributed by atoms with Gasteiger partial charge in [-0.3, -0.25) is 0 Å². The molecule has 122 valence electrons. The molecule has 0 radical (unpaired) electrons. The highest BCUT2D eigenvalue weighted by Crippen LogP contribution is 2.31. The molecule has 1 aliphatic heterocycles. The van der Waals surface area contributed by atoms with Gasteiger partial charge in [-0.05, 0) is 50.3 Å². The SMILES string of the molecule is Cc1ccc2c(c1)S(=O)(=O)NC(=NC(C)(C)CC(C)(C)C)N2. The number of nitrogens with zero attached hydrogens (tertiary/aromatic N) is 1. The van der Waals surface area contributed by atoms with Gasteiger partial charge in [-0.15, -0.1) is 0 Å². The highest BCUT2D eigenvalue weighted by atomic mass is 32.2. The predicted molar refractivity (Wildman–Crippen MR) is 90.7 cm³/mol. The van der Waals surface area contributed by atoms with Crippen LogP contribution in [0.1, 0.15) is 46.6 Å². The number of fused-ring (bicyclic) bond motifs is 1. The lowest BCUT2D eigenvalue weighted by Gasteiger charge is -2.31. The predicted octanol–water partition coefficient (Wildman–Crippen LogP) is 3.27. The van der Waals surface area contributed by atoms with Crippen molar-refractivity contribution in [3.05, 3.63) is 23.8 Å². The average Bonchev–Trinajstić information content (AvgIpc) is 2.25. The number of hydrogen-bond donors (Lipinski definition) is 2. The van der Waals surface area contributed by atoms with Crippen LogP contribution in [0.15, 0.2) is 28.1 Å². The van der Waals surface area contributed by atoms with Gasteiger partial charge < -0.3 is 5.32 Å². The lowest BCUT2D eigenvalue weighted by molar-refractivity contribution is 0.288. The minimum Gasteiger partial charge on any atom is -0.324 e. The third-order valence-electron chi connectivity index (χ3n) is 3.29. The fraction of sp³-hybridized carbons (Fsp3) is 0.562. The first-order chi connectivity index (χ1) is 9.88. The maximum absolute atomic E-state index is 12.4. The Hall–Kier alpha value is -1.56. The molecular formula is C16H25N3O2S. The summed E-state index contributed by atoms with van der Waals surface area (Å²) in [7, 11) is -3.57.